The second-order valence-corrected chi connectivity index (χ2v) is 5.14. The molecule has 0 aliphatic rings. The Balaban J connectivity index is 2.29. The number of benzene rings is 2. The molecule has 0 bridgehead atoms. The van der Waals surface area contributed by atoms with Crippen LogP contribution in [0.4, 0.5) is 0 Å². The lowest BCUT2D eigenvalue weighted by atomic mass is 10.2. The van der Waals surface area contributed by atoms with E-state index in [2.05, 4.69) is 0 Å². The summed E-state index contributed by atoms with van der Waals surface area (Å²) in [5.41, 5.74) is 1.85. The molecular weight excluding hydrogens is 300 g/mol. The van der Waals surface area contributed by atoms with Gasteiger partial charge in [-0.05, 0) is 55.3 Å². The van der Waals surface area contributed by atoms with Crippen molar-refractivity contribution in [1.29, 1.82) is 0 Å². The molecule has 0 aromatic heterocycles. The molecule has 2 aromatic carbocycles. The first-order valence-electron chi connectivity index (χ1n) is 6.97. The third kappa shape index (κ3) is 4.64. The number of hydrogen-bond acceptors (Lipinski definition) is 3. The van der Waals surface area contributed by atoms with Gasteiger partial charge in [0.05, 0.1) is 6.61 Å². The van der Waals surface area contributed by atoms with Gasteiger partial charge in [-0.15, -0.1) is 0 Å². The molecule has 0 unspecified atom stereocenters. The number of ether oxygens (including phenoxy) is 2. The quantitative estimate of drug-likeness (QED) is 0.458. The Kier molecular flexibility index (Phi) is 5.61. The van der Waals surface area contributed by atoms with Gasteiger partial charge in [-0.25, -0.2) is 4.79 Å². The summed E-state index contributed by atoms with van der Waals surface area (Å²) in [5.74, 6) is 0.224. The minimum absolute atomic E-state index is 0.134. The van der Waals surface area contributed by atoms with Crippen molar-refractivity contribution in [2.24, 2.45) is 0 Å². The second-order valence-electron chi connectivity index (χ2n) is 4.70. The molecular formula is C18H17ClO3. The van der Waals surface area contributed by atoms with Gasteiger partial charge in [-0.1, -0.05) is 35.9 Å². The first-order chi connectivity index (χ1) is 10.6. The number of halogens is 1. The molecule has 0 aliphatic heterocycles. The van der Waals surface area contributed by atoms with E-state index < -0.39 is 5.97 Å². The lowest BCUT2D eigenvalue weighted by Gasteiger charge is -2.10. The molecule has 0 amide bonds. The second kappa shape index (κ2) is 7.66. The Bertz CT molecular complexity index is 675. The van der Waals surface area contributed by atoms with E-state index in [0.717, 1.165) is 11.1 Å². The van der Waals surface area contributed by atoms with Crippen LogP contribution < -0.4 is 4.74 Å². The van der Waals surface area contributed by atoms with Crippen molar-refractivity contribution in [2.45, 2.75) is 13.8 Å². The lowest BCUT2D eigenvalue weighted by molar-refractivity contribution is -0.140. The lowest BCUT2D eigenvalue weighted by Crippen LogP contribution is -2.12. The van der Waals surface area contributed by atoms with Gasteiger partial charge in [-0.3, -0.25) is 0 Å². The normalized spacial score (nSPS) is 11.1. The Morgan fingerprint density at radius 2 is 1.91 bits per heavy atom. The van der Waals surface area contributed by atoms with Crippen LogP contribution >= 0.6 is 11.6 Å². The van der Waals surface area contributed by atoms with Crippen molar-refractivity contribution in [3.8, 4) is 5.75 Å². The van der Waals surface area contributed by atoms with Crippen molar-refractivity contribution >= 4 is 23.6 Å². The topological polar surface area (TPSA) is 35.5 Å². The van der Waals surface area contributed by atoms with Crippen LogP contribution in [0.2, 0.25) is 5.02 Å². The Morgan fingerprint density at radius 1 is 1.18 bits per heavy atom. The van der Waals surface area contributed by atoms with Gasteiger partial charge in [0.15, 0.2) is 0 Å². The average molecular weight is 317 g/mol. The van der Waals surface area contributed by atoms with E-state index in [9.17, 15) is 4.79 Å². The summed E-state index contributed by atoms with van der Waals surface area (Å²) in [6.07, 6.45) is 1.64. The summed E-state index contributed by atoms with van der Waals surface area (Å²) >= 11 is 5.86. The van der Waals surface area contributed by atoms with Crippen LogP contribution in [0.5, 0.6) is 5.75 Å². The zero-order chi connectivity index (χ0) is 15.9. The Labute approximate surface area is 135 Å². The highest BCUT2D eigenvalue weighted by molar-refractivity contribution is 6.30. The number of esters is 1. The summed E-state index contributed by atoms with van der Waals surface area (Å²) in [4.78, 5) is 12.1. The molecule has 4 heteroatoms. The molecule has 0 spiro atoms. The van der Waals surface area contributed by atoms with Crippen LogP contribution in [-0.4, -0.2) is 12.6 Å². The van der Waals surface area contributed by atoms with E-state index in [1.54, 1.807) is 43.3 Å². The Hall–Kier alpha value is -2.26. The SMILES string of the molecule is CCOC(=O)/C(=C/c1ccc(Cl)cc1)Oc1cccc(C)c1. The third-order valence-corrected chi connectivity index (χ3v) is 3.11. The molecule has 22 heavy (non-hydrogen) atoms. The van der Waals surface area contributed by atoms with E-state index in [1.165, 1.54) is 0 Å². The summed E-state index contributed by atoms with van der Waals surface area (Å²) in [6, 6.07) is 14.6. The molecule has 0 saturated heterocycles. The number of aryl methyl sites for hydroxylation is 1. The molecule has 2 aromatic rings. The average Bonchev–Trinajstić information content (AvgIpc) is 2.49. The fraction of sp³-hybridized carbons (Fsp3) is 0.167. The van der Waals surface area contributed by atoms with Crippen LogP contribution in [0.15, 0.2) is 54.3 Å². The molecule has 0 fully saturated rings. The van der Waals surface area contributed by atoms with E-state index >= 15 is 0 Å². The van der Waals surface area contributed by atoms with E-state index in [4.69, 9.17) is 21.1 Å². The molecule has 0 N–H and O–H groups in total. The molecule has 2 rings (SSSR count). The van der Waals surface area contributed by atoms with E-state index in [1.807, 2.05) is 25.1 Å². The largest absolute Gasteiger partial charge is 0.460 e. The fourth-order valence-electron chi connectivity index (χ4n) is 1.85. The van der Waals surface area contributed by atoms with Gasteiger partial charge >= 0.3 is 5.97 Å². The maximum absolute atomic E-state index is 12.1. The van der Waals surface area contributed by atoms with Crippen molar-refractivity contribution in [3.05, 3.63) is 70.4 Å². The van der Waals surface area contributed by atoms with Crippen LogP contribution in [0.25, 0.3) is 6.08 Å². The summed E-state index contributed by atoms with van der Waals surface area (Å²) < 4.78 is 10.7. The number of rotatable bonds is 5. The summed E-state index contributed by atoms with van der Waals surface area (Å²) in [7, 11) is 0. The van der Waals surface area contributed by atoms with Crippen LogP contribution in [0.1, 0.15) is 18.1 Å². The highest BCUT2D eigenvalue weighted by Gasteiger charge is 2.13. The van der Waals surface area contributed by atoms with Gasteiger partial charge in [-0.2, -0.15) is 0 Å². The molecule has 114 valence electrons. The zero-order valence-corrected chi connectivity index (χ0v) is 13.3. The van der Waals surface area contributed by atoms with Crippen LogP contribution in [-0.2, 0) is 9.53 Å². The van der Waals surface area contributed by atoms with Crippen molar-refractivity contribution < 1.29 is 14.3 Å². The van der Waals surface area contributed by atoms with Gasteiger partial charge < -0.3 is 9.47 Å². The minimum Gasteiger partial charge on any atom is -0.460 e. The first kappa shape index (κ1) is 16.1. The van der Waals surface area contributed by atoms with Gasteiger partial charge in [0.2, 0.25) is 5.76 Å². The number of hydrogen-bond donors (Lipinski definition) is 0. The van der Waals surface area contributed by atoms with Gasteiger partial charge in [0.25, 0.3) is 0 Å². The Morgan fingerprint density at radius 3 is 2.55 bits per heavy atom. The van der Waals surface area contributed by atoms with Crippen molar-refractivity contribution in [2.75, 3.05) is 6.61 Å². The fourth-order valence-corrected chi connectivity index (χ4v) is 1.97. The maximum atomic E-state index is 12.1. The van der Waals surface area contributed by atoms with Crippen molar-refractivity contribution in [3.63, 3.8) is 0 Å². The molecule has 0 atom stereocenters. The molecule has 0 heterocycles. The highest BCUT2D eigenvalue weighted by Crippen LogP contribution is 2.19. The standard InChI is InChI=1S/C18H17ClO3/c1-3-21-18(20)17(12-14-7-9-15(19)10-8-14)22-16-6-4-5-13(2)11-16/h4-12H,3H2,1-2H3/b17-12-. The molecule has 0 saturated carbocycles. The zero-order valence-electron chi connectivity index (χ0n) is 12.5. The van der Waals surface area contributed by atoms with E-state index in [-0.39, 0.29) is 12.4 Å². The summed E-state index contributed by atoms with van der Waals surface area (Å²) in [5, 5.41) is 0.634. The van der Waals surface area contributed by atoms with E-state index in [0.29, 0.717) is 10.8 Å². The number of carbonyl (C=O) groups is 1. The predicted molar refractivity (Wildman–Crippen MR) is 87.9 cm³/mol. The minimum atomic E-state index is -0.501. The van der Waals surface area contributed by atoms with Crippen molar-refractivity contribution in [1.82, 2.24) is 0 Å². The van der Waals surface area contributed by atoms with Gasteiger partial charge in [0.1, 0.15) is 5.75 Å². The summed E-state index contributed by atoms with van der Waals surface area (Å²) in [6.45, 7) is 4.00. The smallest absolute Gasteiger partial charge is 0.374 e. The highest BCUT2D eigenvalue weighted by atomic mass is 35.5. The predicted octanol–water partition coefficient (Wildman–Crippen LogP) is 4.63. The molecule has 0 radical (unpaired) electrons. The van der Waals surface area contributed by atoms with Gasteiger partial charge in [0, 0.05) is 5.02 Å². The monoisotopic (exact) mass is 316 g/mol. The van der Waals surface area contributed by atoms with Crippen LogP contribution in [0.3, 0.4) is 0 Å². The maximum Gasteiger partial charge on any atom is 0.374 e. The van der Waals surface area contributed by atoms with Crippen LogP contribution in [0, 0.1) is 6.92 Å². The third-order valence-electron chi connectivity index (χ3n) is 2.86. The molecule has 3 nitrogen and oxygen atoms in total. The molecule has 0 aliphatic carbocycles. The number of carbonyl (C=O) groups excluding carboxylic acids is 1. The first-order valence-corrected chi connectivity index (χ1v) is 7.35.